The molecule has 1 aromatic carbocycles. The van der Waals surface area contributed by atoms with Gasteiger partial charge in [-0.25, -0.2) is 8.78 Å². The molecule has 1 amide bonds. The molecule has 0 radical (unpaired) electrons. The van der Waals surface area contributed by atoms with Gasteiger partial charge in [-0.15, -0.1) is 0 Å². The first kappa shape index (κ1) is 23.0. The average molecular weight is 480 g/mol. The normalized spacial score (nSPS) is 23.5. The molecule has 2 aliphatic heterocycles. The Labute approximate surface area is 193 Å². The summed E-state index contributed by atoms with van der Waals surface area (Å²) in [6.07, 6.45) is 1.61. The lowest BCUT2D eigenvalue weighted by atomic mass is 9.96. The molecule has 1 spiro atoms. The molecule has 5 rings (SSSR count). The molecule has 3 heterocycles. The van der Waals surface area contributed by atoms with E-state index in [9.17, 15) is 26.7 Å². The van der Waals surface area contributed by atoms with Crippen molar-refractivity contribution in [3.05, 3.63) is 47.8 Å². The van der Waals surface area contributed by atoms with E-state index in [4.69, 9.17) is 0 Å². The van der Waals surface area contributed by atoms with Gasteiger partial charge in [0.2, 0.25) is 0 Å². The van der Waals surface area contributed by atoms with Crippen molar-refractivity contribution in [1.82, 2.24) is 15.6 Å². The van der Waals surface area contributed by atoms with Gasteiger partial charge >= 0.3 is 6.18 Å². The van der Waals surface area contributed by atoms with E-state index in [-0.39, 0.29) is 16.7 Å². The second-order valence-electron chi connectivity index (χ2n) is 9.55. The van der Waals surface area contributed by atoms with Gasteiger partial charge in [0.25, 0.3) is 5.91 Å². The first-order valence-corrected chi connectivity index (χ1v) is 11.5. The topological polar surface area (TPSA) is 57.3 Å². The predicted molar refractivity (Wildman–Crippen MR) is 116 cm³/mol. The number of carbonyl (C=O) groups excluding carboxylic acids is 1. The summed E-state index contributed by atoms with van der Waals surface area (Å²) in [4.78, 5) is 19.2. The number of hydrogen-bond donors (Lipinski definition) is 2. The lowest BCUT2D eigenvalue weighted by molar-refractivity contribution is -0.158. The zero-order valence-corrected chi connectivity index (χ0v) is 18.4. The molecule has 34 heavy (non-hydrogen) atoms. The van der Waals surface area contributed by atoms with Gasteiger partial charge in [0.1, 0.15) is 17.7 Å². The molecule has 3 aliphatic rings. The van der Waals surface area contributed by atoms with Crippen molar-refractivity contribution in [3.8, 4) is 11.1 Å². The number of nitrogens with one attached hydrogen (secondary N) is 2. The zero-order valence-electron chi connectivity index (χ0n) is 18.4. The Morgan fingerprint density at radius 3 is 2.50 bits per heavy atom. The molecule has 3 fully saturated rings. The van der Waals surface area contributed by atoms with Crippen LogP contribution in [0.1, 0.15) is 42.5 Å². The van der Waals surface area contributed by atoms with Gasteiger partial charge in [-0.2, -0.15) is 13.2 Å². The van der Waals surface area contributed by atoms with Gasteiger partial charge in [0, 0.05) is 42.7 Å². The third kappa shape index (κ3) is 4.47. The minimum absolute atomic E-state index is 0.0351. The summed E-state index contributed by atoms with van der Waals surface area (Å²) >= 11 is 0. The van der Waals surface area contributed by atoms with Gasteiger partial charge in [0.15, 0.2) is 0 Å². The van der Waals surface area contributed by atoms with Crippen LogP contribution in [0.3, 0.4) is 0 Å². The summed E-state index contributed by atoms with van der Waals surface area (Å²) in [5.41, 5.74) is 0.636. The monoisotopic (exact) mass is 480 g/mol. The van der Waals surface area contributed by atoms with Crippen LogP contribution in [0.15, 0.2) is 30.6 Å². The Bertz CT molecular complexity index is 1080. The molecule has 1 aromatic heterocycles. The maximum atomic E-state index is 14.0. The molecule has 10 heteroatoms. The van der Waals surface area contributed by atoms with Crippen molar-refractivity contribution >= 4 is 11.6 Å². The van der Waals surface area contributed by atoms with Crippen LogP contribution < -0.4 is 15.5 Å². The van der Waals surface area contributed by atoms with Crippen LogP contribution in [0.5, 0.6) is 0 Å². The fourth-order valence-electron chi connectivity index (χ4n) is 5.28. The van der Waals surface area contributed by atoms with E-state index in [2.05, 4.69) is 15.6 Å². The smallest absolute Gasteiger partial charge is 0.368 e. The molecule has 1 aliphatic carbocycles. The van der Waals surface area contributed by atoms with E-state index in [1.807, 2.05) is 4.90 Å². The van der Waals surface area contributed by atoms with E-state index >= 15 is 0 Å². The van der Waals surface area contributed by atoms with Crippen LogP contribution in [-0.2, 0) is 0 Å². The van der Waals surface area contributed by atoms with Crippen molar-refractivity contribution in [2.24, 2.45) is 5.92 Å². The van der Waals surface area contributed by atoms with Crippen LogP contribution in [0.4, 0.5) is 27.6 Å². The summed E-state index contributed by atoms with van der Waals surface area (Å²) in [6.45, 7) is 1.95. The largest absolute Gasteiger partial charge is 0.408 e. The molecule has 182 valence electrons. The fraction of sp³-hybridized carbons (Fsp3) is 0.500. The highest BCUT2D eigenvalue weighted by Crippen LogP contribution is 2.42. The van der Waals surface area contributed by atoms with Crippen LogP contribution in [-0.4, -0.2) is 48.3 Å². The van der Waals surface area contributed by atoms with Gasteiger partial charge in [-0.05, 0) is 62.3 Å². The third-order valence-corrected chi connectivity index (χ3v) is 7.07. The number of anilines is 1. The number of alkyl halides is 3. The van der Waals surface area contributed by atoms with Crippen molar-refractivity contribution in [3.63, 3.8) is 0 Å². The van der Waals surface area contributed by atoms with E-state index in [0.29, 0.717) is 37.2 Å². The first-order chi connectivity index (χ1) is 16.2. The van der Waals surface area contributed by atoms with Gasteiger partial charge in [-0.1, -0.05) is 0 Å². The van der Waals surface area contributed by atoms with Gasteiger partial charge in [-0.3, -0.25) is 9.78 Å². The number of halogens is 5. The number of pyridine rings is 1. The molecule has 1 saturated carbocycles. The Balaban J connectivity index is 1.56. The Morgan fingerprint density at radius 1 is 1.15 bits per heavy atom. The highest BCUT2D eigenvalue weighted by Gasteiger charge is 2.50. The maximum absolute atomic E-state index is 14.0. The van der Waals surface area contributed by atoms with Crippen molar-refractivity contribution in [2.45, 2.75) is 49.9 Å². The van der Waals surface area contributed by atoms with E-state index in [1.165, 1.54) is 12.4 Å². The third-order valence-electron chi connectivity index (χ3n) is 7.07. The molecule has 0 bridgehead atoms. The maximum Gasteiger partial charge on any atom is 0.408 e. The summed E-state index contributed by atoms with van der Waals surface area (Å²) in [5, 5.41) is 5.67. The fourth-order valence-corrected chi connectivity index (χ4v) is 5.28. The number of aromatic nitrogens is 1. The van der Waals surface area contributed by atoms with Crippen LogP contribution >= 0.6 is 0 Å². The summed E-state index contributed by atoms with van der Waals surface area (Å²) in [6, 6.07) is 1.07. The van der Waals surface area contributed by atoms with Crippen LogP contribution in [0.25, 0.3) is 11.1 Å². The number of hydrogen-bond acceptors (Lipinski definition) is 4. The number of amides is 1. The molecule has 2 N–H and O–H groups in total. The van der Waals surface area contributed by atoms with Gasteiger partial charge < -0.3 is 15.5 Å². The lowest BCUT2D eigenvalue weighted by Gasteiger charge is -2.29. The van der Waals surface area contributed by atoms with E-state index in [1.54, 1.807) is 0 Å². The standard InChI is InChI=1S/C24H25F5N4O/c25-16-8-15(9-17(26)10-16)18-11-30-12-19(22(34)32-21(14-2-3-14)24(27,28)29)20(18)33-7-5-23(13-33)4-1-6-31-23/h8-12,14,21,31H,1-7,13H2,(H,32,34). The van der Waals surface area contributed by atoms with E-state index in [0.717, 1.165) is 44.0 Å². The molecule has 2 saturated heterocycles. The quantitative estimate of drug-likeness (QED) is 0.622. The predicted octanol–water partition coefficient (Wildman–Crippen LogP) is 4.43. The Kier molecular flexibility index (Phi) is 5.74. The minimum Gasteiger partial charge on any atom is -0.368 e. The van der Waals surface area contributed by atoms with Crippen molar-refractivity contribution in [1.29, 1.82) is 0 Å². The number of benzene rings is 1. The zero-order chi connectivity index (χ0) is 24.1. The molecular formula is C24H25F5N4O. The van der Waals surface area contributed by atoms with E-state index < -0.39 is 35.7 Å². The Morgan fingerprint density at radius 2 is 1.88 bits per heavy atom. The van der Waals surface area contributed by atoms with Crippen LogP contribution in [0, 0.1) is 17.6 Å². The summed E-state index contributed by atoms with van der Waals surface area (Å²) in [5.74, 6) is -3.12. The molecule has 2 atom stereocenters. The highest BCUT2D eigenvalue weighted by molar-refractivity contribution is 6.03. The summed E-state index contributed by atoms with van der Waals surface area (Å²) < 4.78 is 68.8. The first-order valence-electron chi connectivity index (χ1n) is 11.5. The SMILES string of the molecule is O=C(NC(C1CC1)C(F)(F)F)c1cncc(-c2cc(F)cc(F)c2)c1N1CCC2(CCCN2)C1. The van der Waals surface area contributed by atoms with Crippen molar-refractivity contribution in [2.75, 3.05) is 24.5 Å². The molecule has 2 unspecified atom stereocenters. The highest BCUT2D eigenvalue weighted by atomic mass is 19.4. The second-order valence-corrected chi connectivity index (χ2v) is 9.55. The number of rotatable bonds is 5. The molecular weight excluding hydrogens is 455 g/mol. The minimum atomic E-state index is -4.57. The number of nitrogens with zero attached hydrogens (tertiary/aromatic N) is 2. The number of carbonyl (C=O) groups is 1. The van der Waals surface area contributed by atoms with Crippen molar-refractivity contribution < 1.29 is 26.7 Å². The summed E-state index contributed by atoms with van der Waals surface area (Å²) in [7, 11) is 0. The second kappa shape index (κ2) is 8.48. The lowest BCUT2D eigenvalue weighted by Crippen LogP contribution is -2.47. The average Bonchev–Trinajstić information content (AvgIpc) is 3.36. The molecule has 5 nitrogen and oxygen atoms in total. The Hall–Kier alpha value is -2.75. The molecule has 2 aromatic rings. The van der Waals surface area contributed by atoms with Crippen LogP contribution in [0.2, 0.25) is 0 Å². The van der Waals surface area contributed by atoms with Gasteiger partial charge in [0.05, 0.1) is 11.3 Å².